The van der Waals surface area contributed by atoms with Crippen LogP contribution in [0.2, 0.25) is 0 Å². The highest BCUT2D eigenvalue weighted by atomic mass is 32.1. The number of nitrogens with one attached hydrogen (secondary N) is 1. The minimum absolute atomic E-state index is 0.249. The maximum Gasteiger partial charge on any atom is 0.280 e. The van der Waals surface area contributed by atoms with Gasteiger partial charge in [-0.25, -0.2) is 9.66 Å². The second-order valence-corrected chi connectivity index (χ2v) is 7.46. The summed E-state index contributed by atoms with van der Waals surface area (Å²) in [5.74, 6) is 0.653. The van der Waals surface area contributed by atoms with Crippen molar-refractivity contribution in [2.24, 2.45) is 0 Å². The van der Waals surface area contributed by atoms with Gasteiger partial charge in [0.15, 0.2) is 11.5 Å². The maximum atomic E-state index is 13.2. The van der Waals surface area contributed by atoms with E-state index in [0.717, 1.165) is 4.88 Å². The normalized spacial score (nSPS) is 10.7. The Morgan fingerprint density at radius 1 is 1.07 bits per heavy atom. The fraction of sp³-hybridized carbons (Fsp3) is 0.136. The van der Waals surface area contributed by atoms with Gasteiger partial charge in [-0.05, 0) is 35.7 Å². The number of ether oxygens (including phenoxy) is 2. The fourth-order valence-corrected chi connectivity index (χ4v) is 3.91. The molecule has 0 radical (unpaired) electrons. The molecule has 2 aromatic carbocycles. The number of methoxy groups -OCH3 is 2. The summed E-state index contributed by atoms with van der Waals surface area (Å²) in [7, 11) is 2.96. The molecule has 8 heteroatoms. The predicted octanol–water partition coefficient (Wildman–Crippen LogP) is 3.45. The van der Waals surface area contributed by atoms with Crippen LogP contribution >= 0.6 is 11.3 Å². The highest BCUT2D eigenvalue weighted by Crippen LogP contribution is 2.30. The van der Waals surface area contributed by atoms with Crippen LogP contribution in [0.3, 0.4) is 0 Å². The van der Waals surface area contributed by atoms with Gasteiger partial charge in [0, 0.05) is 11.3 Å². The highest BCUT2D eigenvalue weighted by Gasteiger charge is 2.19. The first-order chi connectivity index (χ1) is 14.6. The Morgan fingerprint density at radius 3 is 2.63 bits per heavy atom. The Morgan fingerprint density at radius 2 is 1.90 bits per heavy atom. The fourth-order valence-electron chi connectivity index (χ4n) is 3.21. The first-order valence-corrected chi connectivity index (χ1v) is 10.1. The lowest BCUT2D eigenvalue weighted by atomic mass is 10.1. The van der Waals surface area contributed by atoms with Crippen LogP contribution in [-0.2, 0) is 6.42 Å². The van der Waals surface area contributed by atoms with Crippen LogP contribution in [0.5, 0.6) is 11.5 Å². The summed E-state index contributed by atoms with van der Waals surface area (Å²) < 4.78 is 11.8. The van der Waals surface area contributed by atoms with E-state index in [2.05, 4.69) is 10.4 Å². The molecule has 4 aromatic rings. The van der Waals surface area contributed by atoms with E-state index in [9.17, 15) is 9.59 Å². The molecule has 4 rings (SSSR count). The van der Waals surface area contributed by atoms with E-state index in [4.69, 9.17) is 9.47 Å². The van der Waals surface area contributed by atoms with Crippen molar-refractivity contribution in [3.63, 3.8) is 0 Å². The van der Waals surface area contributed by atoms with E-state index in [0.29, 0.717) is 34.6 Å². The first-order valence-electron chi connectivity index (χ1n) is 9.17. The molecule has 1 N–H and O–H groups in total. The third kappa shape index (κ3) is 3.65. The van der Waals surface area contributed by atoms with Gasteiger partial charge in [-0.3, -0.25) is 15.0 Å². The number of nitrogens with zero attached hydrogens (tertiary/aromatic N) is 2. The number of benzene rings is 2. The molecule has 0 unspecified atom stereocenters. The SMILES string of the molecule is COc1cccc(C(=O)Nn2c(Cc3cccs3)nc3ccccc3c2=O)c1OC. The number of carbonyl (C=O) groups is 1. The zero-order valence-corrected chi connectivity index (χ0v) is 17.2. The molecule has 0 aliphatic heterocycles. The van der Waals surface area contributed by atoms with Gasteiger partial charge in [-0.1, -0.05) is 24.3 Å². The zero-order chi connectivity index (χ0) is 21.1. The van der Waals surface area contributed by atoms with Crippen LogP contribution in [-0.4, -0.2) is 29.8 Å². The lowest BCUT2D eigenvalue weighted by molar-refractivity contribution is 0.100. The third-order valence-corrected chi connectivity index (χ3v) is 5.49. The number of rotatable bonds is 6. The number of aromatic nitrogens is 2. The second kappa shape index (κ2) is 8.38. The van der Waals surface area contributed by atoms with E-state index < -0.39 is 5.91 Å². The number of fused-ring (bicyclic) bond motifs is 1. The molecule has 0 spiro atoms. The molecule has 0 aliphatic carbocycles. The van der Waals surface area contributed by atoms with E-state index in [1.54, 1.807) is 47.7 Å². The van der Waals surface area contributed by atoms with E-state index in [1.165, 1.54) is 18.9 Å². The third-order valence-electron chi connectivity index (χ3n) is 4.62. The average Bonchev–Trinajstić information content (AvgIpc) is 3.28. The minimum Gasteiger partial charge on any atom is -0.493 e. The maximum absolute atomic E-state index is 13.2. The number of hydrogen-bond acceptors (Lipinski definition) is 6. The molecule has 0 fully saturated rings. The molecule has 152 valence electrons. The molecular weight excluding hydrogens is 402 g/mol. The summed E-state index contributed by atoms with van der Waals surface area (Å²) in [6.45, 7) is 0. The standard InChI is InChI=1S/C22H19N3O4S/c1-28-18-11-5-9-16(20(18)29-2)21(26)24-25-19(13-14-7-6-12-30-14)23-17-10-4-3-8-15(17)22(25)27/h3-12H,13H2,1-2H3,(H,24,26). The van der Waals surface area contributed by atoms with Crippen molar-refractivity contribution >= 4 is 28.1 Å². The van der Waals surface area contributed by atoms with Gasteiger partial charge in [0.25, 0.3) is 11.5 Å². The van der Waals surface area contributed by atoms with Crippen molar-refractivity contribution in [3.05, 3.63) is 86.6 Å². The van der Waals surface area contributed by atoms with E-state index in [-0.39, 0.29) is 11.1 Å². The number of amides is 1. The Hall–Kier alpha value is -3.65. The van der Waals surface area contributed by atoms with E-state index >= 15 is 0 Å². The quantitative estimate of drug-likeness (QED) is 0.516. The monoisotopic (exact) mass is 421 g/mol. The average molecular weight is 421 g/mol. The number of para-hydroxylation sites is 2. The Kier molecular flexibility index (Phi) is 5.49. The Balaban J connectivity index is 1.81. The molecule has 0 saturated carbocycles. The Labute approximate surface area is 176 Å². The molecule has 30 heavy (non-hydrogen) atoms. The lowest BCUT2D eigenvalue weighted by Gasteiger charge is -2.16. The second-order valence-electron chi connectivity index (χ2n) is 6.42. The first kappa shape index (κ1) is 19.7. The van der Waals surface area contributed by atoms with Crippen molar-refractivity contribution in [3.8, 4) is 11.5 Å². The topological polar surface area (TPSA) is 82.5 Å². The molecule has 0 saturated heterocycles. The molecule has 0 atom stereocenters. The van der Waals surface area contributed by atoms with Crippen LogP contribution < -0.4 is 20.5 Å². The van der Waals surface area contributed by atoms with Gasteiger partial charge < -0.3 is 9.47 Å². The van der Waals surface area contributed by atoms with Crippen LogP contribution in [0, 0.1) is 0 Å². The number of carbonyl (C=O) groups excluding carboxylic acids is 1. The molecular formula is C22H19N3O4S. The van der Waals surface area contributed by atoms with Gasteiger partial charge in [0.2, 0.25) is 0 Å². The number of hydrogen-bond donors (Lipinski definition) is 1. The molecule has 0 aliphatic rings. The molecule has 1 amide bonds. The highest BCUT2D eigenvalue weighted by molar-refractivity contribution is 7.09. The van der Waals surface area contributed by atoms with Crippen molar-refractivity contribution in [1.82, 2.24) is 9.66 Å². The lowest BCUT2D eigenvalue weighted by Crippen LogP contribution is -2.36. The van der Waals surface area contributed by atoms with E-state index in [1.807, 2.05) is 23.6 Å². The van der Waals surface area contributed by atoms with Crippen LogP contribution in [0.1, 0.15) is 21.1 Å². The van der Waals surface area contributed by atoms with Crippen LogP contribution in [0.4, 0.5) is 0 Å². The summed E-state index contributed by atoms with van der Waals surface area (Å²) in [5.41, 5.74) is 3.18. The smallest absolute Gasteiger partial charge is 0.280 e. The minimum atomic E-state index is -0.502. The van der Waals surface area contributed by atoms with Gasteiger partial charge in [0.05, 0.1) is 30.7 Å². The summed E-state index contributed by atoms with van der Waals surface area (Å²) >= 11 is 1.56. The summed E-state index contributed by atoms with van der Waals surface area (Å²) in [6.07, 6.45) is 0.410. The zero-order valence-electron chi connectivity index (χ0n) is 16.4. The van der Waals surface area contributed by atoms with Crippen molar-refractivity contribution < 1.29 is 14.3 Å². The van der Waals surface area contributed by atoms with Gasteiger partial charge in [0.1, 0.15) is 5.82 Å². The van der Waals surface area contributed by atoms with Crippen LogP contribution in [0.15, 0.2) is 64.8 Å². The van der Waals surface area contributed by atoms with Gasteiger partial charge >= 0.3 is 0 Å². The van der Waals surface area contributed by atoms with Crippen molar-refractivity contribution in [2.45, 2.75) is 6.42 Å². The van der Waals surface area contributed by atoms with Crippen molar-refractivity contribution in [2.75, 3.05) is 19.6 Å². The van der Waals surface area contributed by atoms with Crippen molar-refractivity contribution in [1.29, 1.82) is 0 Å². The largest absolute Gasteiger partial charge is 0.493 e. The summed E-state index contributed by atoms with van der Waals surface area (Å²) in [5, 5.41) is 2.38. The predicted molar refractivity (Wildman–Crippen MR) is 116 cm³/mol. The molecule has 7 nitrogen and oxygen atoms in total. The number of thiophene rings is 1. The van der Waals surface area contributed by atoms with Crippen LogP contribution in [0.25, 0.3) is 10.9 Å². The van der Waals surface area contributed by atoms with Gasteiger partial charge in [-0.2, -0.15) is 0 Å². The molecule has 2 heterocycles. The molecule has 0 bridgehead atoms. The van der Waals surface area contributed by atoms with Gasteiger partial charge in [-0.15, -0.1) is 11.3 Å². The Bertz CT molecular complexity index is 1270. The molecule has 2 aromatic heterocycles. The summed E-state index contributed by atoms with van der Waals surface area (Å²) in [4.78, 5) is 31.9. The summed E-state index contributed by atoms with van der Waals surface area (Å²) in [6, 6.07) is 15.9.